The minimum Gasteiger partial charge on any atom is -0.469 e. The lowest BCUT2D eigenvalue weighted by molar-refractivity contribution is -0.133. The molecule has 6 nitrogen and oxygen atoms in total. The van der Waals surface area contributed by atoms with Gasteiger partial charge in [-0.1, -0.05) is 0 Å². The number of hydrogen-bond donors (Lipinski definition) is 0. The minimum absolute atomic E-state index is 0.0984. The third kappa shape index (κ3) is 3.53. The Bertz CT molecular complexity index is 676. The van der Waals surface area contributed by atoms with E-state index in [1.54, 1.807) is 6.26 Å². The van der Waals surface area contributed by atoms with E-state index in [1.807, 2.05) is 29.3 Å². The summed E-state index contributed by atoms with van der Waals surface area (Å²) in [4.78, 5) is 14.5. The van der Waals surface area contributed by atoms with Crippen molar-refractivity contribution in [2.24, 2.45) is 5.92 Å². The number of carbonyl (C=O) groups excluding carboxylic acids is 1. The van der Waals surface area contributed by atoms with Gasteiger partial charge in [0.25, 0.3) is 0 Å². The second-order valence-electron chi connectivity index (χ2n) is 6.76. The van der Waals surface area contributed by atoms with E-state index < -0.39 is 0 Å². The van der Waals surface area contributed by atoms with Crippen LogP contribution in [0.4, 0.5) is 0 Å². The average Bonchev–Trinajstić information content (AvgIpc) is 3.06. The van der Waals surface area contributed by atoms with Gasteiger partial charge in [0.15, 0.2) is 0 Å². The molecule has 4 rings (SSSR count). The highest BCUT2D eigenvalue weighted by Crippen LogP contribution is 2.29. The van der Waals surface area contributed by atoms with Crippen LogP contribution in [-0.2, 0) is 22.5 Å². The second kappa shape index (κ2) is 6.81. The first-order valence-electron chi connectivity index (χ1n) is 8.70. The first-order chi connectivity index (χ1) is 11.8. The summed E-state index contributed by atoms with van der Waals surface area (Å²) in [5.41, 5.74) is 1.08. The zero-order chi connectivity index (χ0) is 16.4. The number of hydrogen-bond acceptors (Lipinski definition) is 4. The Kier molecular flexibility index (Phi) is 4.38. The summed E-state index contributed by atoms with van der Waals surface area (Å²) in [6, 6.07) is 5.83. The van der Waals surface area contributed by atoms with Crippen molar-refractivity contribution in [2.75, 3.05) is 19.8 Å². The topological polar surface area (TPSA) is 60.5 Å². The van der Waals surface area contributed by atoms with Crippen molar-refractivity contribution in [3.63, 3.8) is 0 Å². The Balaban J connectivity index is 1.37. The van der Waals surface area contributed by atoms with Gasteiger partial charge < -0.3 is 14.1 Å². The zero-order valence-electron chi connectivity index (χ0n) is 13.8. The van der Waals surface area contributed by atoms with Gasteiger partial charge in [0.05, 0.1) is 31.0 Å². The molecule has 6 heteroatoms. The molecule has 1 saturated carbocycles. The molecule has 2 aliphatic rings. The smallest absolute Gasteiger partial charge is 0.230 e. The molecule has 1 amide bonds. The van der Waals surface area contributed by atoms with Gasteiger partial charge in [-0.3, -0.25) is 9.48 Å². The maximum Gasteiger partial charge on any atom is 0.230 e. The van der Waals surface area contributed by atoms with Crippen LogP contribution < -0.4 is 0 Å². The number of fused-ring (bicyclic) bond motifs is 1. The van der Waals surface area contributed by atoms with Crippen LogP contribution in [0.2, 0.25) is 0 Å². The van der Waals surface area contributed by atoms with E-state index in [2.05, 4.69) is 9.78 Å². The van der Waals surface area contributed by atoms with Gasteiger partial charge in [-0.25, -0.2) is 0 Å². The molecule has 1 fully saturated rings. The van der Waals surface area contributed by atoms with Gasteiger partial charge in [-0.15, -0.1) is 0 Å². The van der Waals surface area contributed by atoms with Crippen LogP contribution in [-0.4, -0.2) is 40.3 Å². The number of carbonyl (C=O) groups is 1. The fraction of sp³-hybridized carbons (Fsp3) is 0.556. The molecule has 0 aromatic carbocycles. The van der Waals surface area contributed by atoms with Crippen molar-refractivity contribution < 1.29 is 13.9 Å². The lowest BCUT2D eigenvalue weighted by Gasteiger charge is -2.34. The molecule has 2 aromatic heterocycles. The fourth-order valence-electron chi connectivity index (χ4n) is 3.22. The van der Waals surface area contributed by atoms with Crippen LogP contribution in [0.15, 0.2) is 35.1 Å². The summed E-state index contributed by atoms with van der Waals surface area (Å²) < 4.78 is 13.1. The Labute approximate surface area is 141 Å². The van der Waals surface area contributed by atoms with Crippen molar-refractivity contribution in [3.05, 3.63) is 42.1 Å². The van der Waals surface area contributed by atoms with Crippen molar-refractivity contribution in [2.45, 2.75) is 38.3 Å². The van der Waals surface area contributed by atoms with E-state index in [-0.39, 0.29) is 11.9 Å². The molecule has 0 unspecified atom stereocenters. The molecular formula is C18H23N3O3. The molecule has 2 aromatic rings. The summed E-state index contributed by atoms with van der Waals surface area (Å²) in [6.45, 7) is 2.89. The maximum absolute atomic E-state index is 12.6. The van der Waals surface area contributed by atoms with Crippen LogP contribution in [0.3, 0.4) is 0 Å². The standard InChI is InChI=1S/C18H23N3O3/c22-18(10-17-2-1-8-24-17)20-11-15-5-7-19-21(15)16(12-20)6-9-23-13-14-3-4-14/h1-2,5,7-8,14,16H,3-4,6,9-13H2/t16-/m0/s1. The molecule has 0 saturated heterocycles. The van der Waals surface area contributed by atoms with Crippen molar-refractivity contribution in [3.8, 4) is 0 Å². The highest BCUT2D eigenvalue weighted by molar-refractivity contribution is 5.78. The Hall–Kier alpha value is -2.08. The van der Waals surface area contributed by atoms with E-state index in [1.165, 1.54) is 12.8 Å². The number of amides is 1. The van der Waals surface area contributed by atoms with Crippen molar-refractivity contribution in [1.29, 1.82) is 0 Å². The molecule has 0 spiro atoms. The minimum atomic E-state index is 0.0984. The van der Waals surface area contributed by atoms with Gasteiger partial charge >= 0.3 is 0 Å². The van der Waals surface area contributed by atoms with Crippen LogP contribution in [0, 0.1) is 5.92 Å². The predicted octanol–water partition coefficient (Wildman–Crippen LogP) is 2.42. The third-order valence-corrected chi connectivity index (χ3v) is 4.79. The van der Waals surface area contributed by atoms with Crippen LogP contribution in [0.5, 0.6) is 0 Å². The Morgan fingerprint density at radius 2 is 2.29 bits per heavy atom. The quantitative estimate of drug-likeness (QED) is 0.732. The predicted molar refractivity (Wildman–Crippen MR) is 87.3 cm³/mol. The Morgan fingerprint density at radius 3 is 3.08 bits per heavy atom. The molecule has 128 valence electrons. The first kappa shape index (κ1) is 15.4. The highest BCUT2D eigenvalue weighted by Gasteiger charge is 2.29. The fourth-order valence-corrected chi connectivity index (χ4v) is 3.22. The van der Waals surface area contributed by atoms with Gasteiger partial charge in [-0.2, -0.15) is 5.10 Å². The van der Waals surface area contributed by atoms with E-state index in [9.17, 15) is 4.79 Å². The summed E-state index contributed by atoms with van der Waals surface area (Å²) in [5, 5.41) is 4.44. The molecule has 0 N–H and O–H groups in total. The van der Waals surface area contributed by atoms with Crippen molar-refractivity contribution in [1.82, 2.24) is 14.7 Å². The summed E-state index contributed by atoms with van der Waals surface area (Å²) in [6.07, 6.45) is 7.23. The molecular weight excluding hydrogens is 306 g/mol. The Morgan fingerprint density at radius 1 is 1.38 bits per heavy atom. The monoisotopic (exact) mass is 329 g/mol. The molecule has 1 aliphatic heterocycles. The number of furan rings is 1. The average molecular weight is 329 g/mol. The zero-order valence-corrected chi connectivity index (χ0v) is 13.8. The van der Waals surface area contributed by atoms with Gasteiger partial charge in [-0.05, 0) is 43.4 Å². The normalized spacial score (nSPS) is 20.2. The summed E-state index contributed by atoms with van der Waals surface area (Å²) in [5.74, 6) is 1.59. The van der Waals surface area contributed by atoms with Gasteiger partial charge in [0.2, 0.25) is 5.91 Å². The maximum atomic E-state index is 12.6. The highest BCUT2D eigenvalue weighted by atomic mass is 16.5. The number of nitrogens with zero attached hydrogens (tertiary/aromatic N) is 3. The summed E-state index contributed by atoms with van der Waals surface area (Å²) >= 11 is 0. The van der Waals surface area contributed by atoms with Crippen LogP contribution in [0.1, 0.15) is 36.8 Å². The largest absolute Gasteiger partial charge is 0.469 e. The molecule has 1 atom stereocenters. The van der Waals surface area contributed by atoms with E-state index in [4.69, 9.17) is 9.15 Å². The van der Waals surface area contributed by atoms with E-state index >= 15 is 0 Å². The molecule has 24 heavy (non-hydrogen) atoms. The van der Waals surface area contributed by atoms with Crippen molar-refractivity contribution >= 4 is 5.91 Å². The van der Waals surface area contributed by atoms with E-state index in [0.717, 1.165) is 31.2 Å². The van der Waals surface area contributed by atoms with Crippen LogP contribution in [0.25, 0.3) is 0 Å². The second-order valence-corrected chi connectivity index (χ2v) is 6.76. The SMILES string of the molecule is O=C(Cc1ccco1)N1Cc2ccnn2[C@@H](CCOCC2CC2)C1. The molecule has 0 radical (unpaired) electrons. The molecule has 3 heterocycles. The number of aromatic nitrogens is 2. The van der Waals surface area contributed by atoms with Crippen LogP contribution >= 0.6 is 0 Å². The number of rotatable bonds is 7. The third-order valence-electron chi connectivity index (χ3n) is 4.79. The van der Waals surface area contributed by atoms with E-state index in [0.29, 0.717) is 25.3 Å². The first-order valence-corrected chi connectivity index (χ1v) is 8.70. The van der Waals surface area contributed by atoms with Gasteiger partial charge in [0, 0.05) is 26.0 Å². The lowest BCUT2D eigenvalue weighted by Crippen LogP contribution is -2.42. The molecule has 0 bridgehead atoms. The van der Waals surface area contributed by atoms with Gasteiger partial charge in [0.1, 0.15) is 5.76 Å². The lowest BCUT2D eigenvalue weighted by atomic mass is 10.1. The number of ether oxygens (including phenoxy) is 1. The summed E-state index contributed by atoms with van der Waals surface area (Å²) in [7, 11) is 0. The molecule has 1 aliphatic carbocycles.